The number of aliphatic carboxylic acids is 1. The van der Waals surface area contributed by atoms with Crippen molar-refractivity contribution in [1.82, 2.24) is 4.90 Å². The zero-order chi connectivity index (χ0) is 14.6. The van der Waals surface area contributed by atoms with E-state index in [-0.39, 0.29) is 11.3 Å². The van der Waals surface area contributed by atoms with E-state index >= 15 is 0 Å². The SMILES string of the molecule is O=C(O)C1CSC(C2CC2)N1C(=O)c1cc2sccc2s1. The van der Waals surface area contributed by atoms with Gasteiger partial charge in [0.05, 0.1) is 10.3 Å². The van der Waals surface area contributed by atoms with Crippen molar-refractivity contribution in [2.75, 3.05) is 5.75 Å². The van der Waals surface area contributed by atoms with Crippen LogP contribution in [0.25, 0.3) is 9.40 Å². The molecule has 110 valence electrons. The second kappa shape index (κ2) is 5.00. The van der Waals surface area contributed by atoms with Gasteiger partial charge in [-0.3, -0.25) is 4.79 Å². The van der Waals surface area contributed by atoms with Crippen LogP contribution < -0.4 is 0 Å². The molecule has 2 atom stereocenters. The van der Waals surface area contributed by atoms with Crippen molar-refractivity contribution in [3.8, 4) is 0 Å². The summed E-state index contributed by atoms with van der Waals surface area (Å²) < 4.78 is 2.20. The number of amides is 1. The number of nitrogens with zero attached hydrogens (tertiary/aromatic N) is 1. The number of hydrogen-bond acceptors (Lipinski definition) is 5. The minimum Gasteiger partial charge on any atom is -0.480 e. The van der Waals surface area contributed by atoms with E-state index < -0.39 is 12.0 Å². The molecule has 0 radical (unpaired) electrons. The first-order valence-electron chi connectivity index (χ1n) is 6.79. The quantitative estimate of drug-likeness (QED) is 0.932. The molecule has 0 aromatic carbocycles. The van der Waals surface area contributed by atoms with E-state index in [1.54, 1.807) is 28.0 Å². The van der Waals surface area contributed by atoms with E-state index in [0.717, 1.165) is 22.2 Å². The summed E-state index contributed by atoms with van der Waals surface area (Å²) in [4.78, 5) is 26.6. The summed E-state index contributed by atoms with van der Waals surface area (Å²) in [7, 11) is 0. The van der Waals surface area contributed by atoms with Crippen molar-refractivity contribution >= 4 is 55.7 Å². The first kappa shape index (κ1) is 13.6. The summed E-state index contributed by atoms with van der Waals surface area (Å²) in [5.41, 5.74) is 0. The van der Waals surface area contributed by atoms with Gasteiger partial charge in [0.15, 0.2) is 0 Å². The van der Waals surface area contributed by atoms with Crippen LogP contribution in [0.15, 0.2) is 17.5 Å². The summed E-state index contributed by atoms with van der Waals surface area (Å²) in [5, 5.41) is 11.4. The van der Waals surface area contributed by atoms with Crippen molar-refractivity contribution in [2.45, 2.75) is 24.3 Å². The second-order valence-corrected chi connectivity index (χ2v) is 8.57. The highest BCUT2D eigenvalue weighted by molar-refractivity contribution is 8.00. The van der Waals surface area contributed by atoms with Crippen LogP contribution in [0.2, 0.25) is 0 Å². The molecule has 21 heavy (non-hydrogen) atoms. The van der Waals surface area contributed by atoms with E-state index in [1.807, 2.05) is 17.5 Å². The summed E-state index contributed by atoms with van der Waals surface area (Å²) in [6, 6.07) is 3.22. The Kier molecular flexibility index (Phi) is 3.24. The molecule has 1 N–H and O–H groups in total. The van der Waals surface area contributed by atoms with Gasteiger partial charge in [0.2, 0.25) is 0 Å². The number of carboxylic acids is 1. The van der Waals surface area contributed by atoms with E-state index in [9.17, 15) is 14.7 Å². The van der Waals surface area contributed by atoms with Crippen molar-refractivity contribution < 1.29 is 14.7 Å². The van der Waals surface area contributed by atoms with Gasteiger partial charge in [-0.05, 0) is 36.3 Å². The lowest BCUT2D eigenvalue weighted by molar-refractivity contribution is -0.141. The number of hydrogen-bond donors (Lipinski definition) is 1. The molecule has 1 amide bonds. The summed E-state index contributed by atoms with van der Waals surface area (Å²) in [6.45, 7) is 0. The summed E-state index contributed by atoms with van der Waals surface area (Å²) >= 11 is 4.70. The Morgan fingerprint density at radius 2 is 2.10 bits per heavy atom. The lowest BCUT2D eigenvalue weighted by Gasteiger charge is -2.26. The van der Waals surface area contributed by atoms with Crippen LogP contribution in [0.3, 0.4) is 0 Å². The van der Waals surface area contributed by atoms with Gasteiger partial charge in [-0.2, -0.15) is 0 Å². The molecular weight excluding hydrogens is 326 g/mol. The predicted octanol–water partition coefficient (Wildman–Crippen LogP) is 3.34. The molecule has 1 aliphatic carbocycles. The van der Waals surface area contributed by atoms with Crippen molar-refractivity contribution in [3.05, 3.63) is 22.4 Å². The highest BCUT2D eigenvalue weighted by Crippen LogP contribution is 2.46. The number of carbonyl (C=O) groups is 2. The third-order valence-corrected chi connectivity index (χ3v) is 7.47. The number of thioether (sulfide) groups is 1. The Bertz CT molecular complexity index is 689. The maximum absolute atomic E-state index is 12.8. The summed E-state index contributed by atoms with van der Waals surface area (Å²) in [5.74, 6) is -0.0263. The summed E-state index contributed by atoms with van der Waals surface area (Å²) in [6.07, 6.45) is 2.21. The lowest BCUT2D eigenvalue weighted by Crippen LogP contribution is -2.46. The highest BCUT2D eigenvalue weighted by Gasteiger charge is 2.48. The van der Waals surface area contributed by atoms with Crippen LogP contribution in [0.4, 0.5) is 0 Å². The van der Waals surface area contributed by atoms with Crippen LogP contribution in [0, 0.1) is 5.92 Å². The van der Waals surface area contributed by atoms with Gasteiger partial charge in [-0.25, -0.2) is 4.79 Å². The number of carbonyl (C=O) groups excluding carboxylic acids is 1. The molecule has 1 aliphatic heterocycles. The monoisotopic (exact) mass is 339 g/mol. The minimum absolute atomic E-state index is 0.0405. The average Bonchev–Trinajstić information content (AvgIpc) is 2.88. The third-order valence-electron chi connectivity index (χ3n) is 3.93. The smallest absolute Gasteiger partial charge is 0.327 e. The van der Waals surface area contributed by atoms with Gasteiger partial charge in [0.25, 0.3) is 5.91 Å². The Hall–Kier alpha value is -1.05. The molecule has 2 unspecified atom stereocenters. The van der Waals surface area contributed by atoms with Gasteiger partial charge >= 0.3 is 5.97 Å². The van der Waals surface area contributed by atoms with Crippen molar-refractivity contribution in [1.29, 1.82) is 0 Å². The largest absolute Gasteiger partial charge is 0.480 e. The normalized spacial score (nSPS) is 25.6. The van der Waals surface area contributed by atoms with Crippen LogP contribution in [0.5, 0.6) is 0 Å². The number of fused-ring (bicyclic) bond motifs is 1. The number of thiophene rings is 2. The van der Waals surface area contributed by atoms with Gasteiger partial charge < -0.3 is 10.0 Å². The molecule has 4 rings (SSSR count). The van der Waals surface area contributed by atoms with Gasteiger partial charge in [0.1, 0.15) is 6.04 Å². The Morgan fingerprint density at radius 3 is 2.76 bits per heavy atom. The van der Waals surface area contributed by atoms with Crippen molar-refractivity contribution in [2.24, 2.45) is 5.92 Å². The van der Waals surface area contributed by atoms with Crippen molar-refractivity contribution in [3.63, 3.8) is 0 Å². The van der Waals surface area contributed by atoms with E-state index in [0.29, 0.717) is 16.5 Å². The second-order valence-electron chi connectivity index (χ2n) is 5.39. The molecule has 3 heterocycles. The Morgan fingerprint density at radius 1 is 1.29 bits per heavy atom. The standard InChI is InChI=1S/C14H13NO3S3/c16-12(11-5-10-9(21-11)3-4-19-10)15-8(14(17)18)6-20-13(15)7-1-2-7/h3-5,7-8,13H,1-2,6H2,(H,17,18). The van der Waals surface area contributed by atoms with Crippen LogP contribution in [-0.2, 0) is 4.79 Å². The molecule has 0 spiro atoms. The van der Waals surface area contributed by atoms with Gasteiger partial charge in [-0.15, -0.1) is 34.4 Å². The third kappa shape index (κ3) is 2.27. The van der Waals surface area contributed by atoms with E-state index in [1.165, 1.54) is 11.3 Å². The molecule has 2 aromatic rings. The molecule has 7 heteroatoms. The fourth-order valence-electron chi connectivity index (χ4n) is 2.72. The zero-order valence-corrected chi connectivity index (χ0v) is 13.5. The fourth-order valence-corrected chi connectivity index (χ4v) is 6.40. The molecule has 2 fully saturated rings. The Balaban J connectivity index is 1.68. The number of carboxylic acid groups (broad SMARTS) is 1. The van der Waals surface area contributed by atoms with Crippen LogP contribution in [-0.4, -0.2) is 39.1 Å². The minimum atomic E-state index is -0.891. The molecule has 1 saturated carbocycles. The molecular formula is C14H13NO3S3. The molecule has 1 saturated heterocycles. The topological polar surface area (TPSA) is 57.6 Å². The van der Waals surface area contributed by atoms with E-state index in [4.69, 9.17) is 0 Å². The zero-order valence-electron chi connectivity index (χ0n) is 11.0. The van der Waals surface area contributed by atoms with Gasteiger partial charge in [-0.1, -0.05) is 0 Å². The maximum atomic E-state index is 12.8. The lowest BCUT2D eigenvalue weighted by atomic mass is 10.2. The first-order chi connectivity index (χ1) is 10.1. The maximum Gasteiger partial charge on any atom is 0.327 e. The fraction of sp³-hybridized carbons (Fsp3) is 0.429. The van der Waals surface area contributed by atoms with E-state index in [2.05, 4.69) is 0 Å². The Labute approximate surface area is 133 Å². The molecule has 0 bridgehead atoms. The predicted molar refractivity (Wildman–Crippen MR) is 86.3 cm³/mol. The van der Waals surface area contributed by atoms with Crippen LogP contribution in [0.1, 0.15) is 22.5 Å². The average molecular weight is 339 g/mol. The molecule has 2 aliphatic rings. The molecule has 4 nitrogen and oxygen atoms in total. The molecule has 2 aromatic heterocycles. The first-order valence-corrected chi connectivity index (χ1v) is 9.54. The van der Waals surface area contributed by atoms with Gasteiger partial charge in [0, 0.05) is 15.2 Å². The number of rotatable bonds is 3. The van der Waals surface area contributed by atoms with Crippen LogP contribution >= 0.6 is 34.4 Å². The highest BCUT2D eigenvalue weighted by atomic mass is 32.2.